The van der Waals surface area contributed by atoms with Crippen LogP contribution in [0, 0.1) is 12.7 Å². The maximum atomic E-state index is 12.9. The van der Waals surface area contributed by atoms with E-state index in [0.29, 0.717) is 11.5 Å². The summed E-state index contributed by atoms with van der Waals surface area (Å²) in [5.74, 6) is 0.212. The van der Waals surface area contributed by atoms with Crippen LogP contribution in [-0.2, 0) is 11.2 Å². The molecule has 0 saturated heterocycles. The minimum atomic E-state index is -0.315. The Kier molecular flexibility index (Phi) is 5.04. The summed E-state index contributed by atoms with van der Waals surface area (Å²) in [6.07, 6.45) is 1.78. The molecule has 0 aliphatic heterocycles. The second kappa shape index (κ2) is 7.57. The summed E-state index contributed by atoms with van der Waals surface area (Å²) in [6, 6.07) is 17.4. The van der Waals surface area contributed by atoms with Gasteiger partial charge in [0.05, 0.1) is 18.3 Å². The smallest absolute Gasteiger partial charge is 0.228 e. The number of aryl methyl sites for hydroxylation is 1. The molecule has 25 heavy (non-hydrogen) atoms. The molecule has 0 atom stereocenters. The van der Waals surface area contributed by atoms with E-state index >= 15 is 0 Å². The van der Waals surface area contributed by atoms with Gasteiger partial charge in [-0.05, 0) is 48.4 Å². The van der Waals surface area contributed by atoms with E-state index in [4.69, 9.17) is 0 Å². The summed E-state index contributed by atoms with van der Waals surface area (Å²) in [5, 5.41) is 6.02. The average molecular weight is 335 g/mol. The van der Waals surface area contributed by atoms with Crippen LogP contribution >= 0.6 is 0 Å². The first kappa shape index (κ1) is 16.6. The lowest BCUT2D eigenvalue weighted by atomic mass is 10.1. The second-order valence-corrected chi connectivity index (χ2v) is 5.72. The third kappa shape index (κ3) is 4.64. The summed E-state index contributed by atoms with van der Waals surface area (Å²) >= 11 is 0. The van der Waals surface area contributed by atoms with E-state index in [1.54, 1.807) is 30.5 Å². The predicted molar refractivity (Wildman–Crippen MR) is 97.4 cm³/mol. The Morgan fingerprint density at radius 1 is 1.04 bits per heavy atom. The Labute approximate surface area is 145 Å². The fourth-order valence-electron chi connectivity index (χ4n) is 2.39. The fourth-order valence-corrected chi connectivity index (χ4v) is 2.39. The lowest BCUT2D eigenvalue weighted by Gasteiger charge is -2.10. The molecular formula is C20H18FN3O. The summed E-state index contributed by atoms with van der Waals surface area (Å²) in [6.45, 7) is 2.02. The van der Waals surface area contributed by atoms with E-state index in [-0.39, 0.29) is 18.1 Å². The fraction of sp³-hybridized carbons (Fsp3) is 0.100. The number of anilines is 3. The third-order valence-electron chi connectivity index (χ3n) is 3.73. The number of aromatic nitrogens is 1. The number of para-hydroxylation sites is 1. The Morgan fingerprint density at radius 3 is 2.48 bits per heavy atom. The quantitative estimate of drug-likeness (QED) is 0.724. The van der Waals surface area contributed by atoms with E-state index in [0.717, 1.165) is 16.8 Å². The van der Waals surface area contributed by atoms with Crippen molar-refractivity contribution in [2.24, 2.45) is 0 Å². The number of nitrogens with zero attached hydrogens (tertiary/aromatic N) is 1. The summed E-state index contributed by atoms with van der Waals surface area (Å²) in [7, 11) is 0. The second-order valence-electron chi connectivity index (χ2n) is 5.72. The number of benzene rings is 2. The van der Waals surface area contributed by atoms with E-state index in [9.17, 15) is 9.18 Å². The highest BCUT2D eigenvalue weighted by Crippen LogP contribution is 2.19. The summed E-state index contributed by atoms with van der Waals surface area (Å²) in [4.78, 5) is 16.4. The molecule has 126 valence electrons. The van der Waals surface area contributed by atoms with Gasteiger partial charge >= 0.3 is 0 Å². The lowest BCUT2D eigenvalue weighted by Crippen LogP contribution is -2.14. The molecule has 0 aliphatic carbocycles. The van der Waals surface area contributed by atoms with Gasteiger partial charge in [0.25, 0.3) is 0 Å². The summed E-state index contributed by atoms with van der Waals surface area (Å²) in [5.41, 5.74) is 3.48. The first-order valence-electron chi connectivity index (χ1n) is 7.93. The minimum Gasteiger partial charge on any atom is -0.340 e. The van der Waals surface area contributed by atoms with Crippen molar-refractivity contribution in [3.8, 4) is 0 Å². The average Bonchev–Trinajstić information content (AvgIpc) is 2.61. The first-order chi connectivity index (χ1) is 12.1. The van der Waals surface area contributed by atoms with Gasteiger partial charge in [-0.1, -0.05) is 30.3 Å². The van der Waals surface area contributed by atoms with Crippen molar-refractivity contribution >= 4 is 23.1 Å². The number of carbonyl (C=O) groups is 1. The van der Waals surface area contributed by atoms with Gasteiger partial charge in [-0.15, -0.1) is 0 Å². The molecule has 5 heteroatoms. The Morgan fingerprint density at radius 2 is 1.80 bits per heavy atom. The lowest BCUT2D eigenvalue weighted by molar-refractivity contribution is -0.115. The van der Waals surface area contributed by atoms with Gasteiger partial charge in [0, 0.05) is 5.69 Å². The van der Waals surface area contributed by atoms with Crippen molar-refractivity contribution in [1.82, 2.24) is 4.98 Å². The van der Waals surface area contributed by atoms with E-state index in [1.165, 1.54) is 12.1 Å². The first-order valence-corrected chi connectivity index (χ1v) is 7.93. The molecule has 0 spiro atoms. The monoisotopic (exact) mass is 335 g/mol. The SMILES string of the molecule is Cc1ccccc1Nc1ccc(NC(=O)Cc2ccc(F)cc2)cn1. The van der Waals surface area contributed by atoms with Crippen molar-refractivity contribution in [3.63, 3.8) is 0 Å². The largest absolute Gasteiger partial charge is 0.340 e. The molecule has 2 N–H and O–H groups in total. The van der Waals surface area contributed by atoms with E-state index in [2.05, 4.69) is 15.6 Å². The zero-order chi connectivity index (χ0) is 17.6. The number of carbonyl (C=O) groups excluding carboxylic acids is 1. The van der Waals surface area contributed by atoms with E-state index < -0.39 is 0 Å². The van der Waals surface area contributed by atoms with Crippen LogP contribution in [0.1, 0.15) is 11.1 Å². The maximum absolute atomic E-state index is 12.9. The minimum absolute atomic E-state index is 0.173. The number of halogens is 1. The maximum Gasteiger partial charge on any atom is 0.228 e. The van der Waals surface area contributed by atoms with Gasteiger partial charge in [0.15, 0.2) is 0 Å². The highest BCUT2D eigenvalue weighted by atomic mass is 19.1. The van der Waals surface area contributed by atoms with Gasteiger partial charge in [0.2, 0.25) is 5.91 Å². The van der Waals surface area contributed by atoms with Gasteiger partial charge in [-0.2, -0.15) is 0 Å². The Bertz CT molecular complexity index is 861. The van der Waals surface area contributed by atoms with Crippen LogP contribution in [-0.4, -0.2) is 10.9 Å². The molecule has 2 aromatic carbocycles. The molecule has 3 aromatic rings. The van der Waals surface area contributed by atoms with Crippen molar-refractivity contribution in [1.29, 1.82) is 0 Å². The Balaban J connectivity index is 1.59. The predicted octanol–water partition coefficient (Wildman–Crippen LogP) is 4.45. The molecule has 0 unspecified atom stereocenters. The van der Waals surface area contributed by atoms with Gasteiger partial charge in [0.1, 0.15) is 11.6 Å². The molecule has 4 nitrogen and oxygen atoms in total. The molecule has 1 aromatic heterocycles. The molecule has 1 heterocycles. The van der Waals surface area contributed by atoms with Crippen molar-refractivity contribution in [3.05, 3.63) is 83.8 Å². The van der Waals surface area contributed by atoms with Crippen molar-refractivity contribution in [2.45, 2.75) is 13.3 Å². The third-order valence-corrected chi connectivity index (χ3v) is 3.73. The Hall–Kier alpha value is -3.21. The van der Waals surface area contributed by atoms with Crippen LogP contribution in [0.15, 0.2) is 66.9 Å². The molecule has 0 aliphatic rings. The van der Waals surface area contributed by atoms with Gasteiger partial charge in [-0.3, -0.25) is 4.79 Å². The zero-order valence-electron chi connectivity index (χ0n) is 13.8. The zero-order valence-corrected chi connectivity index (χ0v) is 13.8. The van der Waals surface area contributed by atoms with Crippen LogP contribution in [0.3, 0.4) is 0 Å². The van der Waals surface area contributed by atoms with Crippen molar-refractivity contribution in [2.75, 3.05) is 10.6 Å². The van der Waals surface area contributed by atoms with Crippen LogP contribution in [0.5, 0.6) is 0 Å². The van der Waals surface area contributed by atoms with Crippen LogP contribution in [0.25, 0.3) is 0 Å². The van der Waals surface area contributed by atoms with Crippen LogP contribution < -0.4 is 10.6 Å². The van der Waals surface area contributed by atoms with E-state index in [1.807, 2.05) is 31.2 Å². The molecule has 3 rings (SSSR count). The number of hydrogen-bond acceptors (Lipinski definition) is 3. The highest BCUT2D eigenvalue weighted by Gasteiger charge is 2.05. The van der Waals surface area contributed by atoms with Crippen LogP contribution in [0.4, 0.5) is 21.6 Å². The molecular weight excluding hydrogens is 317 g/mol. The number of rotatable bonds is 5. The normalized spacial score (nSPS) is 10.3. The highest BCUT2D eigenvalue weighted by molar-refractivity contribution is 5.92. The molecule has 0 bridgehead atoms. The molecule has 1 amide bonds. The van der Waals surface area contributed by atoms with Crippen molar-refractivity contribution < 1.29 is 9.18 Å². The topological polar surface area (TPSA) is 54.0 Å². The molecule has 0 saturated carbocycles. The number of hydrogen-bond donors (Lipinski definition) is 2. The summed E-state index contributed by atoms with van der Waals surface area (Å²) < 4.78 is 12.9. The number of nitrogens with one attached hydrogen (secondary N) is 2. The molecule has 0 fully saturated rings. The number of pyridine rings is 1. The van der Waals surface area contributed by atoms with Gasteiger partial charge < -0.3 is 10.6 Å². The van der Waals surface area contributed by atoms with Gasteiger partial charge in [-0.25, -0.2) is 9.37 Å². The standard InChI is InChI=1S/C20H18FN3O/c1-14-4-2-3-5-18(14)24-19-11-10-17(13-22-19)23-20(25)12-15-6-8-16(21)9-7-15/h2-11,13H,12H2,1H3,(H,22,24)(H,23,25). The van der Waals surface area contributed by atoms with Crippen LogP contribution in [0.2, 0.25) is 0 Å². The number of amides is 1. The molecule has 0 radical (unpaired) electrons.